The third kappa shape index (κ3) is 5.31. The van der Waals surface area contributed by atoms with Crippen LogP contribution in [0.1, 0.15) is 18.5 Å². The highest BCUT2D eigenvalue weighted by Gasteiger charge is 2.38. The van der Waals surface area contributed by atoms with E-state index in [0.717, 1.165) is 0 Å². The summed E-state index contributed by atoms with van der Waals surface area (Å²) in [5.74, 6) is 0.721. The van der Waals surface area contributed by atoms with E-state index in [0.29, 0.717) is 23.5 Å². The van der Waals surface area contributed by atoms with Gasteiger partial charge in [-0.3, -0.25) is 9.89 Å². The van der Waals surface area contributed by atoms with Crippen LogP contribution in [-0.4, -0.2) is 29.8 Å². The largest absolute Gasteiger partial charge is 0.497 e. The highest BCUT2D eigenvalue weighted by Crippen LogP contribution is 2.39. The minimum Gasteiger partial charge on any atom is -0.497 e. The third-order valence-corrected chi connectivity index (χ3v) is 4.25. The van der Waals surface area contributed by atoms with Gasteiger partial charge in [0.15, 0.2) is 5.82 Å². The molecule has 0 aliphatic rings. The normalized spacial score (nSPS) is 11.2. The number of aromatic nitrogens is 2. The second-order valence-corrected chi connectivity index (χ2v) is 6.36. The third-order valence-electron chi connectivity index (χ3n) is 4.25. The molecule has 0 radical (unpaired) electrons. The van der Waals surface area contributed by atoms with Gasteiger partial charge in [-0.25, -0.2) is 0 Å². The molecule has 6 nitrogen and oxygen atoms in total. The SMILES string of the molecule is COc1ccc(OCCCC(=O)Nc2n[nH]c(C(F)(F)F)c2-c2ccccc2)cc1. The molecule has 3 aromatic rings. The molecule has 0 aliphatic carbocycles. The van der Waals surface area contributed by atoms with Crippen LogP contribution < -0.4 is 14.8 Å². The van der Waals surface area contributed by atoms with Crippen LogP contribution in [0, 0.1) is 0 Å². The fourth-order valence-electron chi connectivity index (χ4n) is 2.81. The first-order chi connectivity index (χ1) is 14.4. The number of hydrogen-bond acceptors (Lipinski definition) is 4. The Morgan fingerprint density at radius 2 is 1.73 bits per heavy atom. The number of carbonyl (C=O) groups excluding carboxylic acids is 1. The molecule has 1 aromatic heterocycles. The number of carbonyl (C=O) groups is 1. The molecule has 0 unspecified atom stereocenters. The van der Waals surface area contributed by atoms with Gasteiger partial charge in [0.1, 0.15) is 17.2 Å². The quantitative estimate of drug-likeness (QED) is 0.509. The molecule has 0 spiro atoms. The lowest BCUT2D eigenvalue weighted by atomic mass is 10.0. The van der Waals surface area contributed by atoms with Gasteiger partial charge in [-0.1, -0.05) is 30.3 Å². The van der Waals surface area contributed by atoms with E-state index in [4.69, 9.17) is 9.47 Å². The van der Waals surface area contributed by atoms with E-state index in [-0.39, 0.29) is 24.4 Å². The van der Waals surface area contributed by atoms with Crippen molar-refractivity contribution in [2.75, 3.05) is 19.0 Å². The summed E-state index contributed by atoms with van der Waals surface area (Å²) in [6, 6.07) is 15.0. The van der Waals surface area contributed by atoms with E-state index in [1.54, 1.807) is 49.6 Å². The summed E-state index contributed by atoms with van der Waals surface area (Å²) >= 11 is 0. The van der Waals surface area contributed by atoms with Crippen LogP contribution in [-0.2, 0) is 11.0 Å². The Labute approximate surface area is 171 Å². The number of anilines is 1. The number of hydrogen-bond donors (Lipinski definition) is 2. The van der Waals surface area contributed by atoms with Crippen molar-refractivity contribution in [2.45, 2.75) is 19.0 Å². The van der Waals surface area contributed by atoms with Crippen LogP contribution in [0.3, 0.4) is 0 Å². The van der Waals surface area contributed by atoms with Gasteiger partial charge in [0.2, 0.25) is 5.91 Å². The van der Waals surface area contributed by atoms with E-state index in [1.165, 1.54) is 12.1 Å². The maximum absolute atomic E-state index is 13.3. The van der Waals surface area contributed by atoms with Crippen molar-refractivity contribution in [3.63, 3.8) is 0 Å². The van der Waals surface area contributed by atoms with E-state index < -0.39 is 17.8 Å². The van der Waals surface area contributed by atoms with Crippen LogP contribution in [0.4, 0.5) is 19.0 Å². The van der Waals surface area contributed by atoms with Crippen molar-refractivity contribution >= 4 is 11.7 Å². The molecule has 3 rings (SSSR count). The number of benzene rings is 2. The van der Waals surface area contributed by atoms with Crippen LogP contribution in [0.15, 0.2) is 54.6 Å². The van der Waals surface area contributed by atoms with Gasteiger partial charge in [-0.2, -0.15) is 18.3 Å². The predicted molar refractivity (Wildman–Crippen MR) is 105 cm³/mol. The lowest BCUT2D eigenvalue weighted by Crippen LogP contribution is -2.14. The van der Waals surface area contributed by atoms with Crippen LogP contribution >= 0.6 is 0 Å². The Hall–Kier alpha value is -3.49. The zero-order valence-electron chi connectivity index (χ0n) is 16.1. The number of nitrogens with one attached hydrogen (secondary N) is 2. The van der Waals surface area contributed by atoms with Gasteiger partial charge in [0.25, 0.3) is 0 Å². The summed E-state index contributed by atoms with van der Waals surface area (Å²) in [7, 11) is 1.56. The zero-order valence-corrected chi connectivity index (χ0v) is 16.1. The number of ether oxygens (including phenoxy) is 2. The zero-order chi connectivity index (χ0) is 21.6. The lowest BCUT2D eigenvalue weighted by molar-refractivity contribution is -0.140. The summed E-state index contributed by atoms with van der Waals surface area (Å²) in [5.41, 5.74) is -0.894. The second-order valence-electron chi connectivity index (χ2n) is 6.36. The Balaban J connectivity index is 1.60. The Bertz CT molecular complexity index is 971. The van der Waals surface area contributed by atoms with E-state index >= 15 is 0 Å². The van der Waals surface area contributed by atoms with Gasteiger partial charge in [0, 0.05) is 6.42 Å². The number of halogens is 3. The van der Waals surface area contributed by atoms with E-state index in [1.807, 2.05) is 5.10 Å². The molecular weight excluding hydrogens is 399 g/mol. The van der Waals surface area contributed by atoms with Crippen molar-refractivity contribution in [2.24, 2.45) is 0 Å². The van der Waals surface area contributed by atoms with Crippen LogP contribution in [0.2, 0.25) is 0 Å². The maximum atomic E-state index is 13.3. The monoisotopic (exact) mass is 419 g/mol. The molecule has 30 heavy (non-hydrogen) atoms. The summed E-state index contributed by atoms with van der Waals surface area (Å²) < 4.78 is 50.6. The standard InChI is InChI=1S/C21H20F3N3O3/c1-29-15-9-11-16(12-10-15)30-13-5-8-17(28)25-20-18(14-6-3-2-4-7-14)19(26-27-20)21(22,23)24/h2-4,6-7,9-12H,5,8,13H2,1H3,(H2,25,26,27,28). The summed E-state index contributed by atoms with van der Waals surface area (Å²) in [5, 5.41) is 8.12. The summed E-state index contributed by atoms with van der Waals surface area (Å²) in [4.78, 5) is 12.2. The van der Waals surface area contributed by atoms with Crippen molar-refractivity contribution in [3.8, 4) is 22.6 Å². The van der Waals surface area contributed by atoms with Crippen molar-refractivity contribution in [1.29, 1.82) is 0 Å². The molecule has 0 atom stereocenters. The first-order valence-electron chi connectivity index (χ1n) is 9.16. The second kappa shape index (κ2) is 9.34. The molecular formula is C21H20F3N3O3. The number of methoxy groups -OCH3 is 1. The van der Waals surface area contributed by atoms with E-state index in [2.05, 4.69) is 10.4 Å². The minimum atomic E-state index is -4.63. The predicted octanol–water partition coefficient (Wildman–Crippen LogP) is 4.90. The lowest BCUT2D eigenvalue weighted by Gasteiger charge is -2.10. The van der Waals surface area contributed by atoms with E-state index in [9.17, 15) is 18.0 Å². The molecule has 1 amide bonds. The summed E-state index contributed by atoms with van der Waals surface area (Å²) in [6.07, 6.45) is -4.18. The van der Waals surface area contributed by atoms with Crippen molar-refractivity contribution in [3.05, 3.63) is 60.3 Å². The number of H-pyrrole nitrogens is 1. The number of amides is 1. The average Bonchev–Trinajstić information content (AvgIpc) is 3.16. The Morgan fingerprint density at radius 1 is 1.07 bits per heavy atom. The smallest absolute Gasteiger partial charge is 0.433 e. The van der Waals surface area contributed by atoms with Crippen molar-refractivity contribution < 1.29 is 27.4 Å². The van der Waals surface area contributed by atoms with Gasteiger partial charge in [0.05, 0.1) is 19.3 Å². The van der Waals surface area contributed by atoms with Gasteiger partial charge >= 0.3 is 6.18 Å². The Morgan fingerprint density at radius 3 is 2.37 bits per heavy atom. The topological polar surface area (TPSA) is 76.2 Å². The number of aromatic amines is 1. The first kappa shape index (κ1) is 21.2. The molecule has 158 valence electrons. The molecule has 0 bridgehead atoms. The van der Waals surface area contributed by atoms with Gasteiger partial charge < -0.3 is 14.8 Å². The first-order valence-corrected chi connectivity index (χ1v) is 9.16. The number of nitrogens with zero attached hydrogens (tertiary/aromatic N) is 1. The fourth-order valence-corrected chi connectivity index (χ4v) is 2.81. The van der Waals surface area contributed by atoms with Crippen LogP contribution in [0.5, 0.6) is 11.5 Å². The highest BCUT2D eigenvalue weighted by atomic mass is 19.4. The highest BCUT2D eigenvalue weighted by molar-refractivity contribution is 5.94. The van der Waals surface area contributed by atoms with Gasteiger partial charge in [-0.15, -0.1) is 0 Å². The van der Waals surface area contributed by atoms with Crippen LogP contribution in [0.25, 0.3) is 11.1 Å². The number of alkyl halides is 3. The summed E-state index contributed by atoms with van der Waals surface area (Å²) in [6.45, 7) is 0.277. The number of rotatable bonds is 8. The molecule has 9 heteroatoms. The fraction of sp³-hybridized carbons (Fsp3) is 0.238. The molecule has 1 heterocycles. The minimum absolute atomic E-state index is 0.0681. The molecule has 2 aromatic carbocycles. The molecule has 0 saturated carbocycles. The molecule has 2 N–H and O–H groups in total. The van der Waals surface area contributed by atoms with Crippen molar-refractivity contribution in [1.82, 2.24) is 10.2 Å². The van der Waals surface area contributed by atoms with Gasteiger partial charge in [-0.05, 0) is 36.2 Å². The average molecular weight is 419 g/mol. The Kier molecular flexibility index (Phi) is 6.61. The molecule has 0 saturated heterocycles. The molecule has 0 fully saturated rings. The molecule has 0 aliphatic heterocycles. The maximum Gasteiger partial charge on any atom is 0.433 e.